The Bertz CT molecular complexity index is 937. The van der Waals surface area contributed by atoms with Crippen LogP contribution in [-0.4, -0.2) is 45.0 Å². The molecule has 0 amide bonds. The van der Waals surface area contributed by atoms with Gasteiger partial charge in [0.25, 0.3) is 0 Å². The van der Waals surface area contributed by atoms with Gasteiger partial charge in [0.15, 0.2) is 0 Å². The second-order valence-electron chi connectivity index (χ2n) is 8.15. The summed E-state index contributed by atoms with van der Waals surface area (Å²) in [7, 11) is 0. The smallest absolute Gasteiger partial charge is 0.141 e. The van der Waals surface area contributed by atoms with E-state index in [4.69, 9.17) is 0 Å². The van der Waals surface area contributed by atoms with Crippen LogP contribution in [0.4, 0.5) is 11.6 Å². The molecule has 1 saturated carbocycles. The molecule has 0 bridgehead atoms. The summed E-state index contributed by atoms with van der Waals surface area (Å²) in [6, 6.07) is 11.4. The third kappa shape index (κ3) is 4.53. The lowest BCUT2D eigenvalue weighted by Crippen LogP contribution is -2.45. The van der Waals surface area contributed by atoms with E-state index < -0.39 is 0 Å². The normalized spacial score (nSPS) is 21.9. The predicted molar refractivity (Wildman–Crippen MR) is 122 cm³/mol. The number of hydrogen-bond donors (Lipinski definition) is 2. The number of nitrogens with zero attached hydrogens (tertiary/aromatic N) is 4. The summed E-state index contributed by atoms with van der Waals surface area (Å²) < 4.78 is 0. The van der Waals surface area contributed by atoms with Gasteiger partial charge >= 0.3 is 0 Å². The highest BCUT2D eigenvalue weighted by molar-refractivity contribution is 7.13. The average Bonchev–Trinajstić information content (AvgIpc) is 3.56. The van der Waals surface area contributed by atoms with Crippen LogP contribution in [0.3, 0.4) is 0 Å². The number of aromatic nitrogens is 3. The van der Waals surface area contributed by atoms with Crippen LogP contribution in [0.5, 0.6) is 0 Å². The van der Waals surface area contributed by atoms with Crippen LogP contribution in [0.15, 0.2) is 48.1 Å². The Balaban J connectivity index is 1.17. The van der Waals surface area contributed by atoms with Gasteiger partial charge in [-0.05, 0) is 62.5 Å². The first-order valence-electron chi connectivity index (χ1n) is 10.9. The van der Waals surface area contributed by atoms with Crippen LogP contribution in [0.1, 0.15) is 37.7 Å². The van der Waals surface area contributed by atoms with E-state index in [-0.39, 0.29) is 0 Å². The van der Waals surface area contributed by atoms with Crippen molar-refractivity contribution in [2.45, 2.75) is 50.7 Å². The Kier molecular flexibility index (Phi) is 6.01. The van der Waals surface area contributed by atoms with Gasteiger partial charge in [0.1, 0.15) is 22.3 Å². The first kappa shape index (κ1) is 19.6. The Labute approximate surface area is 181 Å². The summed E-state index contributed by atoms with van der Waals surface area (Å²) in [6.07, 6.45) is 10.5. The van der Waals surface area contributed by atoms with Gasteiger partial charge in [-0.25, -0.2) is 15.0 Å². The third-order valence-corrected chi connectivity index (χ3v) is 6.93. The van der Waals surface area contributed by atoms with Crippen LogP contribution in [-0.2, 0) is 6.54 Å². The van der Waals surface area contributed by atoms with E-state index in [0.29, 0.717) is 6.04 Å². The maximum absolute atomic E-state index is 4.65. The molecule has 1 aliphatic heterocycles. The van der Waals surface area contributed by atoms with Gasteiger partial charge in [-0.15, -0.1) is 11.3 Å². The minimum Gasteiger partial charge on any atom is -0.325 e. The van der Waals surface area contributed by atoms with E-state index in [9.17, 15) is 0 Å². The van der Waals surface area contributed by atoms with E-state index in [1.54, 1.807) is 17.5 Å². The van der Waals surface area contributed by atoms with Gasteiger partial charge < -0.3 is 10.6 Å². The molecule has 5 rings (SSSR count). The van der Waals surface area contributed by atoms with Gasteiger partial charge in [0, 0.05) is 36.4 Å². The highest BCUT2D eigenvalue weighted by Gasteiger charge is 2.32. The van der Waals surface area contributed by atoms with Crippen LogP contribution in [0.25, 0.3) is 10.7 Å². The molecule has 2 aliphatic rings. The van der Waals surface area contributed by atoms with Gasteiger partial charge in [0.05, 0.1) is 0 Å². The maximum Gasteiger partial charge on any atom is 0.141 e. The molecule has 3 aromatic rings. The van der Waals surface area contributed by atoms with Crippen molar-refractivity contribution in [3.05, 3.63) is 53.7 Å². The van der Waals surface area contributed by atoms with Crippen LogP contribution < -0.4 is 10.6 Å². The van der Waals surface area contributed by atoms with Gasteiger partial charge in [-0.1, -0.05) is 18.6 Å². The zero-order chi connectivity index (χ0) is 20.2. The molecule has 4 heterocycles. The SMILES string of the molecule is c1cc(Nc2ccc(CNC3CCCC3N3CCCC3)cn2)nc(-c2nccs2)c1. The molecule has 156 valence electrons. The van der Waals surface area contributed by atoms with Crippen molar-refractivity contribution in [1.29, 1.82) is 0 Å². The quantitative estimate of drug-likeness (QED) is 0.589. The van der Waals surface area contributed by atoms with Crippen LogP contribution >= 0.6 is 11.3 Å². The summed E-state index contributed by atoms with van der Waals surface area (Å²) in [5.41, 5.74) is 2.09. The standard InChI is InChI=1S/C23H28N6S/c1-2-13-29(12-1)20-7-3-5-18(20)25-15-17-9-10-21(26-16-17)28-22-8-4-6-19(27-22)23-24-11-14-30-23/h4,6,8-11,14,16,18,20,25H,1-3,5,7,12-13,15H2,(H,26,27,28). The van der Waals surface area contributed by atoms with E-state index in [2.05, 4.69) is 36.6 Å². The van der Waals surface area contributed by atoms with Crippen molar-refractivity contribution in [2.75, 3.05) is 18.4 Å². The first-order valence-corrected chi connectivity index (χ1v) is 11.8. The predicted octanol–water partition coefficient (Wildman–Crippen LogP) is 4.45. The lowest BCUT2D eigenvalue weighted by molar-refractivity contribution is 0.210. The fourth-order valence-corrected chi connectivity index (χ4v) is 5.25. The number of likely N-dealkylation sites (tertiary alicyclic amines) is 1. The molecule has 6 nitrogen and oxygen atoms in total. The topological polar surface area (TPSA) is 66.0 Å². The molecule has 2 N–H and O–H groups in total. The lowest BCUT2D eigenvalue weighted by Gasteiger charge is -2.29. The molecular weight excluding hydrogens is 392 g/mol. The molecule has 2 fully saturated rings. The maximum atomic E-state index is 4.65. The van der Waals surface area contributed by atoms with Gasteiger partial charge in [-0.2, -0.15) is 0 Å². The summed E-state index contributed by atoms with van der Waals surface area (Å²) >= 11 is 1.59. The van der Waals surface area contributed by atoms with Crippen molar-refractivity contribution in [2.24, 2.45) is 0 Å². The van der Waals surface area contributed by atoms with Crippen molar-refractivity contribution >= 4 is 23.0 Å². The molecule has 1 aliphatic carbocycles. The van der Waals surface area contributed by atoms with E-state index in [0.717, 1.165) is 34.9 Å². The van der Waals surface area contributed by atoms with Crippen LogP contribution in [0, 0.1) is 0 Å². The zero-order valence-corrected chi connectivity index (χ0v) is 17.9. The zero-order valence-electron chi connectivity index (χ0n) is 17.1. The molecule has 0 radical (unpaired) electrons. The van der Waals surface area contributed by atoms with E-state index in [1.807, 2.05) is 35.8 Å². The fourth-order valence-electron chi connectivity index (χ4n) is 4.65. The van der Waals surface area contributed by atoms with Crippen molar-refractivity contribution in [1.82, 2.24) is 25.2 Å². The van der Waals surface area contributed by atoms with Crippen molar-refractivity contribution in [3.63, 3.8) is 0 Å². The van der Waals surface area contributed by atoms with Crippen LogP contribution in [0.2, 0.25) is 0 Å². The molecule has 2 unspecified atom stereocenters. The Morgan fingerprint density at radius 3 is 2.73 bits per heavy atom. The Hall–Kier alpha value is -2.35. The fraction of sp³-hybridized carbons (Fsp3) is 0.435. The highest BCUT2D eigenvalue weighted by Crippen LogP contribution is 2.27. The third-order valence-electron chi connectivity index (χ3n) is 6.14. The number of nitrogens with one attached hydrogen (secondary N) is 2. The summed E-state index contributed by atoms with van der Waals surface area (Å²) in [5.74, 6) is 1.58. The molecule has 3 aromatic heterocycles. The number of rotatable bonds is 7. The molecule has 1 saturated heterocycles. The second-order valence-corrected chi connectivity index (χ2v) is 9.05. The first-order chi connectivity index (χ1) is 14.8. The minimum atomic E-state index is 0.610. The highest BCUT2D eigenvalue weighted by atomic mass is 32.1. The Morgan fingerprint density at radius 2 is 1.93 bits per heavy atom. The monoisotopic (exact) mass is 420 g/mol. The largest absolute Gasteiger partial charge is 0.325 e. The number of thiazole rings is 1. The van der Waals surface area contributed by atoms with E-state index in [1.165, 1.54) is 50.8 Å². The lowest BCUT2D eigenvalue weighted by atomic mass is 10.1. The van der Waals surface area contributed by atoms with E-state index >= 15 is 0 Å². The van der Waals surface area contributed by atoms with Gasteiger partial charge in [-0.3, -0.25) is 4.90 Å². The van der Waals surface area contributed by atoms with Crippen molar-refractivity contribution in [3.8, 4) is 10.7 Å². The summed E-state index contributed by atoms with van der Waals surface area (Å²) in [6.45, 7) is 3.44. The molecule has 30 heavy (non-hydrogen) atoms. The van der Waals surface area contributed by atoms with Crippen molar-refractivity contribution < 1.29 is 0 Å². The van der Waals surface area contributed by atoms with Gasteiger partial charge in [0.2, 0.25) is 0 Å². The average molecular weight is 421 g/mol. The molecule has 0 spiro atoms. The Morgan fingerprint density at radius 1 is 1.00 bits per heavy atom. The second kappa shape index (κ2) is 9.20. The number of hydrogen-bond acceptors (Lipinski definition) is 7. The number of pyridine rings is 2. The molecule has 0 aromatic carbocycles. The minimum absolute atomic E-state index is 0.610. The number of anilines is 2. The summed E-state index contributed by atoms with van der Waals surface area (Å²) in [4.78, 5) is 16.3. The molecule has 7 heteroatoms. The summed E-state index contributed by atoms with van der Waals surface area (Å²) in [5, 5.41) is 9.99. The molecule has 2 atom stereocenters. The molecular formula is C23H28N6S.